The van der Waals surface area contributed by atoms with Gasteiger partial charge in [0.1, 0.15) is 0 Å². The van der Waals surface area contributed by atoms with Crippen molar-refractivity contribution < 1.29 is 0 Å². The van der Waals surface area contributed by atoms with E-state index in [2.05, 4.69) is 32.3 Å². The third-order valence-corrected chi connectivity index (χ3v) is 4.44. The summed E-state index contributed by atoms with van der Waals surface area (Å²) in [6.45, 7) is 18.0. The fourth-order valence-electron chi connectivity index (χ4n) is 2.99. The second kappa shape index (κ2) is 9.68. The summed E-state index contributed by atoms with van der Waals surface area (Å²) in [5, 5.41) is 6.91. The van der Waals surface area contributed by atoms with Gasteiger partial charge in [-0.25, -0.2) is 0 Å². The number of hydrogen-bond acceptors (Lipinski definition) is 5. The Hall–Kier alpha value is -0.200. The minimum absolute atomic E-state index is 1.15. The largest absolute Gasteiger partial charge is 0.315 e. The average molecular weight is 283 g/mol. The summed E-state index contributed by atoms with van der Waals surface area (Å²) in [5.41, 5.74) is 0. The Morgan fingerprint density at radius 2 is 1.30 bits per heavy atom. The molecule has 2 rings (SSSR count). The highest BCUT2D eigenvalue weighted by Gasteiger charge is 2.17. The maximum Gasteiger partial charge on any atom is 0.0110 e. The number of piperazine rings is 2. The third-order valence-electron chi connectivity index (χ3n) is 4.44. The molecule has 2 aliphatic heterocycles. The molecule has 2 heterocycles. The molecular weight excluding hydrogens is 250 g/mol. The van der Waals surface area contributed by atoms with Crippen LogP contribution in [0.2, 0.25) is 0 Å². The predicted octanol–water partition coefficient (Wildman–Crippen LogP) is -0.491. The van der Waals surface area contributed by atoms with Gasteiger partial charge in [0.05, 0.1) is 0 Å². The van der Waals surface area contributed by atoms with Crippen LogP contribution < -0.4 is 10.6 Å². The van der Waals surface area contributed by atoms with Gasteiger partial charge in [-0.1, -0.05) is 6.92 Å². The van der Waals surface area contributed by atoms with Gasteiger partial charge in [0.25, 0.3) is 0 Å². The molecular formula is C15H33N5. The lowest BCUT2D eigenvalue weighted by atomic mass is 10.3. The van der Waals surface area contributed by atoms with Crippen LogP contribution in [0.4, 0.5) is 0 Å². The van der Waals surface area contributed by atoms with E-state index < -0.39 is 0 Å². The molecule has 2 aliphatic rings. The SMILES string of the molecule is CCCNCCN1CCN(CCN2CCNCC2)CC1. The first-order valence-electron chi connectivity index (χ1n) is 8.47. The van der Waals surface area contributed by atoms with E-state index in [0.29, 0.717) is 0 Å². The van der Waals surface area contributed by atoms with Gasteiger partial charge in [-0.05, 0) is 13.0 Å². The zero-order valence-corrected chi connectivity index (χ0v) is 13.2. The second-order valence-electron chi connectivity index (χ2n) is 6.02. The van der Waals surface area contributed by atoms with Crippen molar-refractivity contribution in [1.82, 2.24) is 25.3 Å². The van der Waals surface area contributed by atoms with Gasteiger partial charge in [0.15, 0.2) is 0 Å². The van der Waals surface area contributed by atoms with Crippen LogP contribution in [0.25, 0.3) is 0 Å². The first-order chi connectivity index (χ1) is 9.88. The zero-order chi connectivity index (χ0) is 14.0. The molecule has 20 heavy (non-hydrogen) atoms. The molecule has 0 bridgehead atoms. The normalized spacial score (nSPS) is 23.2. The Morgan fingerprint density at radius 3 is 1.90 bits per heavy atom. The lowest BCUT2D eigenvalue weighted by Gasteiger charge is -2.36. The van der Waals surface area contributed by atoms with Crippen molar-refractivity contribution in [2.75, 3.05) is 85.1 Å². The van der Waals surface area contributed by atoms with E-state index >= 15 is 0 Å². The molecule has 0 aromatic carbocycles. The molecule has 0 unspecified atom stereocenters. The van der Waals surface area contributed by atoms with Gasteiger partial charge in [0.2, 0.25) is 0 Å². The molecule has 0 saturated carbocycles. The summed E-state index contributed by atoms with van der Waals surface area (Å²) in [4.78, 5) is 7.83. The zero-order valence-electron chi connectivity index (χ0n) is 13.2. The van der Waals surface area contributed by atoms with Crippen LogP contribution in [0.5, 0.6) is 0 Å². The molecule has 0 atom stereocenters. The van der Waals surface area contributed by atoms with Crippen molar-refractivity contribution in [1.29, 1.82) is 0 Å². The summed E-state index contributed by atoms with van der Waals surface area (Å²) < 4.78 is 0. The fraction of sp³-hybridized carbons (Fsp3) is 1.00. The van der Waals surface area contributed by atoms with Gasteiger partial charge in [-0.3, -0.25) is 14.7 Å². The first kappa shape index (κ1) is 16.2. The number of nitrogens with zero attached hydrogens (tertiary/aromatic N) is 3. The molecule has 0 radical (unpaired) electrons. The summed E-state index contributed by atoms with van der Waals surface area (Å²) >= 11 is 0. The molecule has 0 aromatic rings. The van der Waals surface area contributed by atoms with Crippen molar-refractivity contribution in [3.05, 3.63) is 0 Å². The van der Waals surface area contributed by atoms with E-state index in [1.165, 1.54) is 78.4 Å². The monoisotopic (exact) mass is 283 g/mol. The predicted molar refractivity (Wildman–Crippen MR) is 85.4 cm³/mol. The molecule has 0 amide bonds. The first-order valence-corrected chi connectivity index (χ1v) is 8.47. The van der Waals surface area contributed by atoms with Crippen molar-refractivity contribution >= 4 is 0 Å². The number of nitrogens with one attached hydrogen (secondary N) is 2. The van der Waals surface area contributed by atoms with E-state index in [9.17, 15) is 0 Å². The molecule has 0 aromatic heterocycles. The van der Waals surface area contributed by atoms with Crippen LogP contribution in [-0.2, 0) is 0 Å². The van der Waals surface area contributed by atoms with Crippen LogP contribution in [0.1, 0.15) is 13.3 Å². The summed E-state index contributed by atoms with van der Waals surface area (Å²) in [6, 6.07) is 0. The van der Waals surface area contributed by atoms with Crippen LogP contribution in [0.3, 0.4) is 0 Å². The third kappa shape index (κ3) is 6.06. The van der Waals surface area contributed by atoms with Crippen LogP contribution in [0.15, 0.2) is 0 Å². The van der Waals surface area contributed by atoms with Crippen molar-refractivity contribution in [2.45, 2.75) is 13.3 Å². The van der Waals surface area contributed by atoms with Crippen LogP contribution >= 0.6 is 0 Å². The molecule has 118 valence electrons. The summed E-state index contributed by atoms with van der Waals surface area (Å²) in [5.74, 6) is 0. The molecule has 2 fully saturated rings. The van der Waals surface area contributed by atoms with Gasteiger partial charge in [0, 0.05) is 78.5 Å². The molecule has 2 N–H and O–H groups in total. The summed E-state index contributed by atoms with van der Waals surface area (Å²) in [6.07, 6.45) is 1.24. The standard InChI is InChI=1S/C15H33N5/c1-2-3-16-4-9-19-11-14-20(15-12-19)13-10-18-7-5-17-6-8-18/h16-17H,2-15H2,1H3. The van der Waals surface area contributed by atoms with E-state index in [4.69, 9.17) is 0 Å². The quantitative estimate of drug-likeness (QED) is 0.588. The minimum Gasteiger partial charge on any atom is -0.315 e. The highest BCUT2D eigenvalue weighted by molar-refractivity contribution is 4.75. The topological polar surface area (TPSA) is 33.8 Å². The van der Waals surface area contributed by atoms with Crippen molar-refractivity contribution in [2.24, 2.45) is 0 Å². The van der Waals surface area contributed by atoms with Gasteiger partial charge >= 0.3 is 0 Å². The second-order valence-corrected chi connectivity index (χ2v) is 6.02. The maximum atomic E-state index is 3.49. The van der Waals surface area contributed by atoms with E-state index in [-0.39, 0.29) is 0 Å². The Bertz CT molecular complexity index is 234. The lowest BCUT2D eigenvalue weighted by Crippen LogP contribution is -2.51. The van der Waals surface area contributed by atoms with E-state index in [0.717, 1.165) is 13.1 Å². The van der Waals surface area contributed by atoms with Gasteiger partial charge < -0.3 is 10.6 Å². The summed E-state index contributed by atoms with van der Waals surface area (Å²) in [7, 11) is 0. The maximum absolute atomic E-state index is 3.49. The minimum atomic E-state index is 1.15. The smallest absolute Gasteiger partial charge is 0.0110 e. The Labute approximate surface area is 124 Å². The highest BCUT2D eigenvalue weighted by Crippen LogP contribution is 2.02. The van der Waals surface area contributed by atoms with Crippen LogP contribution in [0, 0.1) is 0 Å². The van der Waals surface area contributed by atoms with Crippen molar-refractivity contribution in [3.63, 3.8) is 0 Å². The molecule has 5 heteroatoms. The highest BCUT2D eigenvalue weighted by atomic mass is 15.3. The number of hydrogen-bond donors (Lipinski definition) is 2. The van der Waals surface area contributed by atoms with Gasteiger partial charge in [-0.15, -0.1) is 0 Å². The fourth-order valence-corrected chi connectivity index (χ4v) is 2.99. The number of rotatable bonds is 8. The van der Waals surface area contributed by atoms with E-state index in [1.54, 1.807) is 0 Å². The molecule has 0 spiro atoms. The Balaban J connectivity index is 1.50. The van der Waals surface area contributed by atoms with E-state index in [1.807, 2.05) is 0 Å². The Kier molecular flexibility index (Phi) is 7.83. The van der Waals surface area contributed by atoms with Crippen LogP contribution in [-0.4, -0.2) is 99.8 Å². The Morgan fingerprint density at radius 1 is 0.750 bits per heavy atom. The molecule has 0 aliphatic carbocycles. The lowest BCUT2D eigenvalue weighted by molar-refractivity contribution is 0.116. The molecule has 2 saturated heterocycles. The van der Waals surface area contributed by atoms with Gasteiger partial charge in [-0.2, -0.15) is 0 Å². The molecule has 5 nitrogen and oxygen atoms in total. The van der Waals surface area contributed by atoms with Crippen molar-refractivity contribution in [3.8, 4) is 0 Å². The average Bonchev–Trinajstić information content (AvgIpc) is 2.52.